The van der Waals surface area contributed by atoms with E-state index in [2.05, 4.69) is 44.4 Å². The Morgan fingerprint density at radius 2 is 2.11 bits per heavy atom. The van der Waals surface area contributed by atoms with Gasteiger partial charge in [-0.1, -0.05) is 28.1 Å². The van der Waals surface area contributed by atoms with Crippen molar-refractivity contribution in [2.24, 2.45) is 0 Å². The van der Waals surface area contributed by atoms with Gasteiger partial charge in [-0.15, -0.1) is 0 Å². The number of ether oxygens (including phenoxy) is 1. The largest absolute Gasteiger partial charge is 0.381 e. The summed E-state index contributed by atoms with van der Waals surface area (Å²) in [5.41, 5.74) is 2.33. The first-order valence-electron chi connectivity index (χ1n) is 6.68. The highest BCUT2D eigenvalue weighted by Gasteiger charge is 2.13. The first-order valence-corrected chi connectivity index (χ1v) is 7.47. The number of aromatic nitrogens is 1. The molecule has 1 fully saturated rings. The van der Waals surface area contributed by atoms with E-state index < -0.39 is 0 Å². The molecule has 1 aromatic carbocycles. The van der Waals surface area contributed by atoms with Crippen molar-refractivity contribution < 1.29 is 4.74 Å². The van der Waals surface area contributed by atoms with Gasteiger partial charge in [-0.05, 0) is 30.5 Å². The van der Waals surface area contributed by atoms with Crippen LogP contribution in [0.2, 0.25) is 0 Å². The predicted molar refractivity (Wildman–Crippen MR) is 80.1 cm³/mol. The van der Waals surface area contributed by atoms with Crippen LogP contribution < -0.4 is 5.32 Å². The molecule has 0 unspecified atom stereocenters. The summed E-state index contributed by atoms with van der Waals surface area (Å²) in [6.45, 7) is 2.61. The van der Waals surface area contributed by atoms with Gasteiger partial charge in [0.25, 0.3) is 0 Å². The maximum Gasteiger partial charge on any atom is 0.0758 e. The molecule has 100 valence electrons. The summed E-state index contributed by atoms with van der Waals surface area (Å²) in [5, 5.41) is 4.79. The molecule has 0 aliphatic carbocycles. The van der Waals surface area contributed by atoms with Gasteiger partial charge in [0.2, 0.25) is 0 Å². The lowest BCUT2D eigenvalue weighted by atomic mass is 10.1. The summed E-state index contributed by atoms with van der Waals surface area (Å²) in [6, 6.07) is 8.89. The van der Waals surface area contributed by atoms with Crippen LogP contribution in [0, 0.1) is 0 Å². The fourth-order valence-electron chi connectivity index (χ4n) is 2.50. The molecule has 1 N–H and O–H groups in total. The predicted octanol–water partition coefficient (Wildman–Crippen LogP) is 3.27. The average Bonchev–Trinajstić information content (AvgIpc) is 2.48. The van der Waals surface area contributed by atoms with E-state index in [1.54, 1.807) is 0 Å². The standard InChI is InChI=1S/C15H17BrN2O/c16-14-4-3-11(15-13(14)2-1-7-17-15)10-18-12-5-8-19-9-6-12/h1-4,7,12,18H,5-6,8-10H2. The van der Waals surface area contributed by atoms with E-state index in [9.17, 15) is 0 Å². The van der Waals surface area contributed by atoms with Gasteiger partial charge in [0.15, 0.2) is 0 Å². The van der Waals surface area contributed by atoms with Gasteiger partial charge in [-0.3, -0.25) is 4.98 Å². The number of hydrogen-bond donors (Lipinski definition) is 1. The van der Waals surface area contributed by atoms with Gasteiger partial charge in [-0.25, -0.2) is 0 Å². The fourth-order valence-corrected chi connectivity index (χ4v) is 2.95. The molecule has 0 radical (unpaired) electrons. The fraction of sp³-hybridized carbons (Fsp3) is 0.400. The first-order chi connectivity index (χ1) is 9.34. The third-order valence-corrected chi connectivity index (χ3v) is 4.29. The molecule has 3 rings (SSSR count). The molecule has 0 atom stereocenters. The second-order valence-electron chi connectivity index (χ2n) is 4.87. The van der Waals surface area contributed by atoms with Gasteiger partial charge in [0.1, 0.15) is 0 Å². The van der Waals surface area contributed by atoms with E-state index in [-0.39, 0.29) is 0 Å². The number of nitrogens with one attached hydrogen (secondary N) is 1. The van der Waals surface area contributed by atoms with Gasteiger partial charge >= 0.3 is 0 Å². The van der Waals surface area contributed by atoms with Crippen molar-refractivity contribution in [3.05, 3.63) is 40.5 Å². The van der Waals surface area contributed by atoms with Crippen LogP contribution >= 0.6 is 15.9 Å². The molecule has 3 nitrogen and oxygen atoms in total. The summed E-state index contributed by atoms with van der Waals surface area (Å²) < 4.78 is 6.48. The topological polar surface area (TPSA) is 34.1 Å². The zero-order chi connectivity index (χ0) is 13.1. The van der Waals surface area contributed by atoms with Crippen LogP contribution in [0.25, 0.3) is 10.9 Å². The summed E-state index contributed by atoms with van der Waals surface area (Å²) in [6.07, 6.45) is 4.05. The Bertz CT molecular complexity index is 567. The highest BCUT2D eigenvalue weighted by molar-refractivity contribution is 9.10. The van der Waals surface area contributed by atoms with Crippen molar-refractivity contribution in [2.45, 2.75) is 25.4 Å². The van der Waals surface area contributed by atoms with Gasteiger partial charge in [-0.2, -0.15) is 0 Å². The maximum absolute atomic E-state index is 5.38. The monoisotopic (exact) mass is 320 g/mol. The highest BCUT2D eigenvalue weighted by atomic mass is 79.9. The van der Waals surface area contributed by atoms with E-state index in [1.807, 2.05) is 12.3 Å². The second kappa shape index (κ2) is 5.99. The van der Waals surface area contributed by atoms with Gasteiger partial charge in [0.05, 0.1) is 5.52 Å². The Morgan fingerprint density at radius 3 is 2.95 bits per heavy atom. The molecule has 2 heterocycles. The minimum Gasteiger partial charge on any atom is -0.381 e. The molecule has 1 saturated heterocycles. The minimum absolute atomic E-state index is 0.566. The molecule has 0 amide bonds. The Kier molecular flexibility index (Phi) is 4.11. The highest BCUT2D eigenvalue weighted by Crippen LogP contribution is 2.25. The molecule has 1 aliphatic heterocycles. The molecule has 1 aromatic heterocycles. The number of fused-ring (bicyclic) bond motifs is 1. The smallest absolute Gasteiger partial charge is 0.0758 e. The first kappa shape index (κ1) is 13.0. The number of benzene rings is 1. The van der Waals surface area contributed by atoms with Crippen LogP contribution in [0.4, 0.5) is 0 Å². The van der Waals surface area contributed by atoms with Crippen LogP contribution in [0.5, 0.6) is 0 Å². The van der Waals surface area contributed by atoms with Crippen LogP contribution in [-0.4, -0.2) is 24.2 Å². The molecular formula is C15H17BrN2O. The zero-order valence-electron chi connectivity index (χ0n) is 10.7. The normalized spacial score (nSPS) is 16.9. The third kappa shape index (κ3) is 2.96. The van der Waals surface area contributed by atoms with Crippen molar-refractivity contribution in [1.29, 1.82) is 0 Å². The zero-order valence-corrected chi connectivity index (χ0v) is 12.3. The molecule has 0 bridgehead atoms. The molecule has 19 heavy (non-hydrogen) atoms. The lowest BCUT2D eigenvalue weighted by molar-refractivity contribution is 0.0776. The van der Waals surface area contributed by atoms with Crippen molar-refractivity contribution >= 4 is 26.8 Å². The SMILES string of the molecule is Brc1ccc(CNC2CCOCC2)c2ncccc12. The van der Waals surface area contributed by atoms with Crippen molar-refractivity contribution in [1.82, 2.24) is 10.3 Å². The molecule has 0 spiro atoms. The molecule has 0 saturated carbocycles. The summed E-state index contributed by atoms with van der Waals surface area (Å²) in [7, 11) is 0. The Balaban J connectivity index is 1.79. The minimum atomic E-state index is 0.566. The quantitative estimate of drug-likeness (QED) is 0.942. The lowest BCUT2D eigenvalue weighted by Gasteiger charge is -2.23. The van der Waals surface area contributed by atoms with E-state index in [4.69, 9.17) is 4.74 Å². The van der Waals surface area contributed by atoms with Crippen molar-refractivity contribution in [2.75, 3.05) is 13.2 Å². The van der Waals surface area contributed by atoms with Gasteiger partial charge in [0, 0.05) is 41.9 Å². The number of pyridine rings is 1. The summed E-state index contributed by atoms with van der Waals surface area (Å²) >= 11 is 3.58. The van der Waals surface area contributed by atoms with Crippen molar-refractivity contribution in [3.8, 4) is 0 Å². The lowest BCUT2D eigenvalue weighted by Crippen LogP contribution is -2.34. The van der Waals surface area contributed by atoms with Crippen LogP contribution in [0.3, 0.4) is 0 Å². The van der Waals surface area contributed by atoms with Crippen molar-refractivity contribution in [3.63, 3.8) is 0 Å². The van der Waals surface area contributed by atoms with Crippen LogP contribution in [0.15, 0.2) is 34.9 Å². The molecule has 4 heteroatoms. The molecular weight excluding hydrogens is 304 g/mol. The second-order valence-corrected chi connectivity index (χ2v) is 5.73. The van der Waals surface area contributed by atoms with E-state index >= 15 is 0 Å². The summed E-state index contributed by atoms with van der Waals surface area (Å²) in [5.74, 6) is 0. The van der Waals surface area contributed by atoms with Crippen LogP contribution in [-0.2, 0) is 11.3 Å². The molecule has 1 aliphatic rings. The molecule has 2 aromatic rings. The third-order valence-electron chi connectivity index (χ3n) is 3.60. The van der Waals surface area contributed by atoms with E-state index in [0.717, 1.165) is 42.6 Å². The number of halogens is 1. The van der Waals surface area contributed by atoms with E-state index in [0.29, 0.717) is 6.04 Å². The average molecular weight is 321 g/mol. The Hall–Kier alpha value is -0.970. The Morgan fingerprint density at radius 1 is 1.26 bits per heavy atom. The van der Waals surface area contributed by atoms with Crippen LogP contribution in [0.1, 0.15) is 18.4 Å². The number of hydrogen-bond acceptors (Lipinski definition) is 3. The number of rotatable bonds is 3. The maximum atomic E-state index is 5.38. The van der Waals surface area contributed by atoms with E-state index in [1.165, 1.54) is 10.9 Å². The number of nitrogens with zero attached hydrogens (tertiary/aromatic N) is 1. The Labute approximate surface area is 121 Å². The summed E-state index contributed by atoms with van der Waals surface area (Å²) in [4.78, 5) is 4.51. The van der Waals surface area contributed by atoms with Gasteiger partial charge < -0.3 is 10.1 Å².